The molecule has 0 spiro atoms. The van der Waals surface area contributed by atoms with Crippen molar-refractivity contribution in [1.29, 1.82) is 0 Å². The first kappa shape index (κ1) is 26.6. The van der Waals surface area contributed by atoms with Gasteiger partial charge < -0.3 is 0 Å². The molecule has 9 heteroatoms. The fourth-order valence-corrected chi connectivity index (χ4v) is 5.29. The zero-order chi connectivity index (χ0) is 25.3. The summed E-state index contributed by atoms with van der Waals surface area (Å²) in [5.41, 5.74) is 4.18. The van der Waals surface area contributed by atoms with Crippen LogP contribution in [0.5, 0.6) is 0 Å². The molecule has 0 aromatic heterocycles. The molecule has 4 N–H and O–H groups in total. The molecular formula is C26H33N3O5S. The normalized spacial score (nSPS) is 17.1. The zero-order valence-corrected chi connectivity index (χ0v) is 20.6. The molecule has 0 aliphatic heterocycles. The summed E-state index contributed by atoms with van der Waals surface area (Å²) in [5, 5.41) is 9.67. The van der Waals surface area contributed by atoms with E-state index >= 15 is 0 Å². The molecule has 188 valence electrons. The van der Waals surface area contributed by atoms with Crippen LogP contribution < -0.4 is 15.7 Å². The second-order valence-electron chi connectivity index (χ2n) is 9.10. The number of benzene rings is 2. The number of hydrogen-bond acceptors (Lipinski definition) is 5. The molecule has 2 atom stereocenters. The highest BCUT2D eigenvalue weighted by Crippen LogP contribution is 2.45. The lowest BCUT2D eigenvalue weighted by molar-refractivity contribution is -0.143. The Bertz CT molecular complexity index is 1120. The number of hydrogen-bond donors (Lipinski definition) is 4. The van der Waals surface area contributed by atoms with Crippen LogP contribution in [0.4, 0.5) is 0 Å². The topological polar surface area (TPSA) is 125 Å². The van der Waals surface area contributed by atoms with Crippen LogP contribution in [0.15, 0.2) is 66.7 Å². The van der Waals surface area contributed by atoms with Crippen molar-refractivity contribution >= 4 is 27.9 Å². The van der Waals surface area contributed by atoms with Crippen LogP contribution in [0.2, 0.25) is 0 Å². The van der Waals surface area contributed by atoms with Crippen LogP contribution in [0, 0.1) is 11.8 Å². The zero-order valence-electron chi connectivity index (χ0n) is 19.8. The monoisotopic (exact) mass is 499 g/mol. The summed E-state index contributed by atoms with van der Waals surface area (Å²) in [6, 6.07) is 18.5. The molecule has 1 fully saturated rings. The van der Waals surface area contributed by atoms with Crippen LogP contribution in [0.1, 0.15) is 49.7 Å². The molecule has 3 rings (SSSR count). The number of carbonyl (C=O) groups excluding carboxylic acids is 2. The molecule has 1 saturated carbocycles. The number of sulfonamides is 1. The van der Waals surface area contributed by atoms with Crippen LogP contribution >= 0.6 is 0 Å². The maximum absolute atomic E-state index is 13.9. The molecule has 2 aromatic carbocycles. The predicted molar refractivity (Wildman–Crippen MR) is 134 cm³/mol. The average Bonchev–Trinajstić information content (AvgIpc) is 3.37. The molecule has 2 amide bonds. The highest BCUT2D eigenvalue weighted by atomic mass is 32.2. The standard InChI is InChI=1S/C26H33N3O5S/c1-35(33,34)29-27-25(31)26(19-21-13-8-9-14-21,22-16-6-3-7-17-22)23(24(30)28-32)18-10-15-20-11-4-2-5-12-20/h2-7,10-12,15-17,21,23,29,32H,8-9,13-14,18-19H2,1H3,(H,27,31)(H,28,30)/t23-,26+/m1/s1. The minimum Gasteiger partial charge on any atom is -0.289 e. The Hall–Kier alpha value is -3.01. The fraction of sp³-hybridized carbons (Fsp3) is 0.385. The van der Waals surface area contributed by atoms with E-state index in [-0.39, 0.29) is 12.3 Å². The largest absolute Gasteiger partial charge is 0.289 e. The van der Waals surface area contributed by atoms with Gasteiger partial charge in [-0.25, -0.2) is 13.9 Å². The van der Waals surface area contributed by atoms with Crippen LogP contribution in [0.3, 0.4) is 0 Å². The van der Waals surface area contributed by atoms with E-state index in [9.17, 15) is 23.2 Å². The SMILES string of the molecule is CS(=O)(=O)NNC(=O)[C@@](CC1CCCC1)(c1ccccc1)[C@H](CC=Cc1ccccc1)C(=O)NO. The first-order valence-electron chi connectivity index (χ1n) is 11.7. The molecule has 35 heavy (non-hydrogen) atoms. The lowest BCUT2D eigenvalue weighted by Crippen LogP contribution is -2.58. The van der Waals surface area contributed by atoms with E-state index in [4.69, 9.17) is 0 Å². The van der Waals surface area contributed by atoms with Gasteiger partial charge in [0.05, 0.1) is 17.6 Å². The first-order chi connectivity index (χ1) is 16.8. The number of carbonyl (C=O) groups is 2. The summed E-state index contributed by atoms with van der Waals surface area (Å²) >= 11 is 0. The third kappa shape index (κ3) is 7.00. The van der Waals surface area contributed by atoms with E-state index in [1.165, 1.54) is 0 Å². The lowest BCUT2D eigenvalue weighted by Gasteiger charge is -2.40. The average molecular weight is 500 g/mol. The number of hydroxylamine groups is 1. The highest BCUT2D eigenvalue weighted by Gasteiger charge is 2.51. The second kappa shape index (κ2) is 12.1. The van der Waals surface area contributed by atoms with E-state index in [0.717, 1.165) is 37.5 Å². The van der Waals surface area contributed by atoms with Gasteiger partial charge in [-0.1, -0.05) is 98.5 Å². The number of allylic oxidation sites excluding steroid dienone is 1. The van der Waals surface area contributed by atoms with Gasteiger partial charge in [0.2, 0.25) is 21.8 Å². The smallest absolute Gasteiger partial charge is 0.248 e. The molecule has 0 heterocycles. The number of hydrazine groups is 1. The van der Waals surface area contributed by atoms with Gasteiger partial charge in [-0.05, 0) is 29.9 Å². The summed E-state index contributed by atoms with van der Waals surface area (Å²) in [6.45, 7) is 0. The molecule has 0 bridgehead atoms. The Morgan fingerprint density at radius 2 is 1.66 bits per heavy atom. The van der Waals surface area contributed by atoms with Crippen LogP contribution in [-0.2, 0) is 25.0 Å². The van der Waals surface area contributed by atoms with E-state index in [0.29, 0.717) is 12.0 Å². The Morgan fingerprint density at radius 3 is 2.23 bits per heavy atom. The van der Waals surface area contributed by atoms with Gasteiger partial charge in [0, 0.05) is 0 Å². The fourth-order valence-electron chi connectivity index (χ4n) is 5.01. The molecule has 0 unspecified atom stereocenters. The maximum Gasteiger partial charge on any atom is 0.248 e. The van der Waals surface area contributed by atoms with E-state index in [1.54, 1.807) is 35.8 Å². The summed E-state index contributed by atoms with van der Waals surface area (Å²) in [6.07, 6.45) is 8.97. The van der Waals surface area contributed by atoms with Gasteiger partial charge in [0.15, 0.2) is 0 Å². The van der Waals surface area contributed by atoms with E-state index < -0.39 is 33.2 Å². The highest BCUT2D eigenvalue weighted by molar-refractivity contribution is 7.88. The third-order valence-electron chi connectivity index (χ3n) is 6.63. The lowest BCUT2D eigenvalue weighted by atomic mass is 9.63. The van der Waals surface area contributed by atoms with Gasteiger partial charge in [-0.2, -0.15) is 0 Å². The van der Waals surface area contributed by atoms with Crippen molar-refractivity contribution in [2.45, 2.75) is 43.9 Å². The summed E-state index contributed by atoms with van der Waals surface area (Å²) in [4.78, 5) is 29.1. The molecule has 0 radical (unpaired) electrons. The van der Waals surface area contributed by atoms with Crippen molar-refractivity contribution in [2.24, 2.45) is 11.8 Å². The van der Waals surface area contributed by atoms with Gasteiger partial charge in [0.1, 0.15) is 0 Å². The summed E-state index contributed by atoms with van der Waals surface area (Å²) < 4.78 is 23.6. The van der Waals surface area contributed by atoms with Crippen molar-refractivity contribution < 1.29 is 23.2 Å². The summed E-state index contributed by atoms with van der Waals surface area (Å²) in [7, 11) is -3.74. The molecule has 1 aliphatic rings. The minimum atomic E-state index is -3.74. The minimum absolute atomic E-state index is 0.148. The Morgan fingerprint density at radius 1 is 1.06 bits per heavy atom. The predicted octanol–water partition coefficient (Wildman–Crippen LogP) is 3.31. The second-order valence-corrected chi connectivity index (χ2v) is 10.8. The summed E-state index contributed by atoms with van der Waals surface area (Å²) in [5.74, 6) is -2.18. The van der Waals surface area contributed by atoms with Crippen molar-refractivity contribution in [3.05, 3.63) is 77.9 Å². The first-order valence-corrected chi connectivity index (χ1v) is 13.6. The molecular weight excluding hydrogens is 466 g/mol. The molecule has 2 aromatic rings. The van der Waals surface area contributed by atoms with Crippen molar-refractivity contribution in [3.63, 3.8) is 0 Å². The Labute approximate surface area is 206 Å². The molecule has 1 aliphatic carbocycles. The Kier molecular flexibility index (Phi) is 9.20. The van der Waals surface area contributed by atoms with Gasteiger partial charge in [0.25, 0.3) is 0 Å². The van der Waals surface area contributed by atoms with E-state index in [1.807, 2.05) is 42.5 Å². The number of amides is 2. The van der Waals surface area contributed by atoms with Crippen molar-refractivity contribution in [3.8, 4) is 0 Å². The van der Waals surface area contributed by atoms with Gasteiger partial charge in [-0.3, -0.25) is 20.2 Å². The maximum atomic E-state index is 13.9. The van der Waals surface area contributed by atoms with Crippen LogP contribution in [0.25, 0.3) is 6.08 Å². The molecule has 8 nitrogen and oxygen atoms in total. The quantitative estimate of drug-likeness (QED) is 0.279. The van der Waals surface area contributed by atoms with E-state index in [2.05, 4.69) is 10.3 Å². The molecule has 0 saturated heterocycles. The van der Waals surface area contributed by atoms with Crippen molar-refractivity contribution in [2.75, 3.05) is 6.26 Å². The Balaban J connectivity index is 2.10. The van der Waals surface area contributed by atoms with Crippen LogP contribution in [-0.4, -0.2) is 31.7 Å². The number of nitrogens with one attached hydrogen (secondary N) is 3. The van der Waals surface area contributed by atoms with Gasteiger partial charge >= 0.3 is 0 Å². The number of rotatable bonds is 11. The third-order valence-corrected chi connectivity index (χ3v) is 7.11. The van der Waals surface area contributed by atoms with Gasteiger partial charge in [-0.15, -0.1) is 4.83 Å². The van der Waals surface area contributed by atoms with Crippen molar-refractivity contribution in [1.82, 2.24) is 15.7 Å².